The second kappa shape index (κ2) is 30.1. The van der Waals surface area contributed by atoms with Gasteiger partial charge in [0.25, 0.3) is 0 Å². The highest BCUT2D eigenvalue weighted by Crippen LogP contribution is 2.13. The highest BCUT2D eigenvalue weighted by atomic mass is 16.4. The molecule has 3 heteroatoms. The van der Waals surface area contributed by atoms with Crippen molar-refractivity contribution in [2.75, 3.05) is 0 Å². The second-order valence-electron chi connectivity index (χ2n) is 9.67. The van der Waals surface area contributed by atoms with Crippen molar-refractivity contribution in [3.8, 4) is 0 Å². The topological polar surface area (TPSA) is 54.4 Å². The van der Waals surface area contributed by atoms with Crippen molar-refractivity contribution in [3.05, 3.63) is 0 Å². The average Bonchev–Trinajstić information content (AvgIpc) is 2.76. The maximum Gasteiger partial charge on any atom is 0.303 e. The predicted molar refractivity (Wildman–Crippen MR) is 140 cm³/mol. The molecule has 0 aromatic rings. The Kier molecular flexibility index (Phi) is 31.4. The van der Waals surface area contributed by atoms with Crippen molar-refractivity contribution in [3.63, 3.8) is 0 Å². The first kappa shape index (κ1) is 33.3. The van der Waals surface area contributed by atoms with Crippen molar-refractivity contribution < 1.29 is 14.7 Å². The minimum Gasteiger partial charge on any atom is -0.481 e. The molecule has 0 aromatic carbocycles. The first-order valence-corrected chi connectivity index (χ1v) is 14.3. The molecule has 0 unspecified atom stereocenters. The molecule has 0 atom stereocenters. The number of Topliss-reactive ketones (excluding diaryl/α,β-unsaturated/α-hetero) is 1. The Morgan fingerprint density at radius 3 is 0.938 bits per heavy atom. The maximum atomic E-state index is 10.7. The fourth-order valence-corrected chi connectivity index (χ4v) is 3.98. The van der Waals surface area contributed by atoms with Gasteiger partial charge in [-0.2, -0.15) is 0 Å². The Bertz CT molecular complexity index is 379. The van der Waals surface area contributed by atoms with Crippen molar-refractivity contribution in [2.45, 2.75) is 175 Å². The van der Waals surface area contributed by atoms with Gasteiger partial charge in [-0.15, -0.1) is 0 Å². The molecule has 3 nitrogen and oxygen atoms in total. The lowest BCUT2D eigenvalue weighted by molar-refractivity contribution is -0.137. The van der Waals surface area contributed by atoms with Crippen LogP contribution in [-0.4, -0.2) is 16.9 Å². The molecule has 1 N–H and O–H groups in total. The first-order chi connectivity index (χ1) is 15.5. The summed E-state index contributed by atoms with van der Waals surface area (Å²) in [6, 6.07) is 0. The number of carboxylic acids is 1. The van der Waals surface area contributed by atoms with Crippen LogP contribution in [0.25, 0.3) is 0 Å². The van der Waals surface area contributed by atoms with Crippen molar-refractivity contribution in [1.29, 1.82) is 0 Å². The normalized spacial score (nSPS) is 10.6. The fraction of sp³-hybridized carbons (Fsp3) is 0.931. The summed E-state index contributed by atoms with van der Waals surface area (Å²) < 4.78 is 0. The Morgan fingerprint density at radius 2 is 0.688 bits per heavy atom. The molecular formula is C29H58O3. The van der Waals surface area contributed by atoms with Gasteiger partial charge in [0, 0.05) is 12.8 Å². The quantitative estimate of drug-likeness (QED) is 0.148. The monoisotopic (exact) mass is 454 g/mol. The molecular weight excluding hydrogens is 396 g/mol. The number of hydrogen-bond acceptors (Lipinski definition) is 2. The van der Waals surface area contributed by atoms with Crippen molar-refractivity contribution in [1.82, 2.24) is 0 Å². The van der Waals surface area contributed by atoms with Gasteiger partial charge in [-0.1, -0.05) is 142 Å². The maximum absolute atomic E-state index is 10.7. The van der Waals surface area contributed by atoms with Crippen LogP contribution in [0.1, 0.15) is 175 Å². The van der Waals surface area contributed by atoms with Gasteiger partial charge in [0.15, 0.2) is 0 Å². The van der Waals surface area contributed by atoms with Crippen LogP contribution in [0.2, 0.25) is 0 Å². The lowest BCUT2D eigenvalue weighted by Crippen LogP contribution is -1.93. The zero-order chi connectivity index (χ0) is 24.1. The van der Waals surface area contributed by atoms with E-state index < -0.39 is 5.97 Å². The number of aliphatic carboxylic acids is 1. The lowest BCUT2D eigenvalue weighted by Gasteiger charge is -2.02. The fourth-order valence-electron chi connectivity index (χ4n) is 3.98. The Morgan fingerprint density at radius 1 is 0.438 bits per heavy atom. The van der Waals surface area contributed by atoms with E-state index in [0.29, 0.717) is 12.2 Å². The van der Waals surface area contributed by atoms with Crippen LogP contribution < -0.4 is 0 Å². The third kappa shape index (κ3) is 36.5. The van der Waals surface area contributed by atoms with E-state index in [9.17, 15) is 9.59 Å². The summed E-state index contributed by atoms with van der Waals surface area (Å²) in [5, 5.41) is 8.44. The number of carboxylic acid groups (broad SMARTS) is 1. The molecule has 0 amide bonds. The Hall–Kier alpha value is -0.860. The molecule has 0 rings (SSSR count). The average molecular weight is 455 g/mol. The van der Waals surface area contributed by atoms with Crippen LogP contribution in [0.3, 0.4) is 0 Å². The Labute approximate surface area is 201 Å². The van der Waals surface area contributed by atoms with Gasteiger partial charge in [-0.25, -0.2) is 0 Å². The minimum absolute atomic E-state index is 0.344. The third-order valence-electron chi connectivity index (χ3n) is 6.13. The van der Waals surface area contributed by atoms with E-state index >= 15 is 0 Å². The number of unbranched alkanes of at least 4 members (excludes halogenated alkanes) is 20. The SMILES string of the molecule is CCCCCCCCCCCCC(=O)O.CCCCCCCCCCCCCCC(C)=O. The minimum atomic E-state index is -0.658. The van der Waals surface area contributed by atoms with E-state index in [0.717, 1.165) is 25.7 Å². The molecule has 0 aliphatic rings. The van der Waals surface area contributed by atoms with E-state index in [4.69, 9.17) is 5.11 Å². The molecule has 0 aliphatic carbocycles. The summed E-state index contributed by atoms with van der Waals surface area (Å²) >= 11 is 0. The number of carbonyl (C=O) groups excluding carboxylic acids is 1. The van der Waals surface area contributed by atoms with Crippen LogP contribution in [0.5, 0.6) is 0 Å². The third-order valence-corrected chi connectivity index (χ3v) is 6.13. The second-order valence-corrected chi connectivity index (χ2v) is 9.67. The molecule has 0 saturated carbocycles. The molecule has 0 spiro atoms. The van der Waals surface area contributed by atoms with Crippen LogP contribution in [0.4, 0.5) is 0 Å². The van der Waals surface area contributed by atoms with Crippen LogP contribution >= 0.6 is 0 Å². The van der Waals surface area contributed by atoms with Crippen molar-refractivity contribution in [2.24, 2.45) is 0 Å². The highest BCUT2D eigenvalue weighted by Gasteiger charge is 1.97. The molecule has 0 fully saturated rings. The largest absolute Gasteiger partial charge is 0.481 e. The zero-order valence-electron chi connectivity index (χ0n) is 22.2. The van der Waals surface area contributed by atoms with E-state index in [1.807, 2.05) is 0 Å². The lowest BCUT2D eigenvalue weighted by atomic mass is 10.0. The van der Waals surface area contributed by atoms with Crippen molar-refractivity contribution >= 4 is 11.8 Å². The standard InChI is InChI=1S/C16H32O.C13H26O2/c1-3-4-5-6-7-8-9-10-11-12-13-14-15-16(2)17;1-2-3-4-5-6-7-8-9-10-11-12-13(14)15/h3-15H2,1-2H3;2-12H2,1H3,(H,14,15). The molecule has 0 heterocycles. The van der Waals surface area contributed by atoms with Crippen LogP contribution in [0.15, 0.2) is 0 Å². The molecule has 0 saturated heterocycles. The predicted octanol–water partition coefficient (Wildman–Crippen LogP) is 10.0. The van der Waals surface area contributed by atoms with E-state index in [1.165, 1.54) is 122 Å². The summed E-state index contributed by atoms with van der Waals surface area (Å²) in [6.45, 7) is 6.20. The van der Waals surface area contributed by atoms with Gasteiger partial charge in [0.1, 0.15) is 5.78 Å². The van der Waals surface area contributed by atoms with E-state index in [1.54, 1.807) is 6.92 Å². The summed E-state index contributed by atoms with van der Waals surface area (Å²) in [4.78, 5) is 21.0. The van der Waals surface area contributed by atoms with Crippen LogP contribution in [0, 0.1) is 0 Å². The molecule has 0 bridgehead atoms. The Balaban J connectivity index is 0. The van der Waals surface area contributed by atoms with Gasteiger partial charge in [0.2, 0.25) is 0 Å². The van der Waals surface area contributed by atoms with Gasteiger partial charge < -0.3 is 9.90 Å². The number of rotatable bonds is 24. The van der Waals surface area contributed by atoms with Gasteiger partial charge >= 0.3 is 5.97 Å². The van der Waals surface area contributed by atoms with Gasteiger partial charge in [-0.3, -0.25) is 4.79 Å². The molecule has 0 radical (unpaired) electrons. The smallest absolute Gasteiger partial charge is 0.303 e. The molecule has 32 heavy (non-hydrogen) atoms. The summed E-state index contributed by atoms with van der Waals surface area (Å²) in [5.41, 5.74) is 0. The van der Waals surface area contributed by atoms with E-state index in [-0.39, 0.29) is 0 Å². The molecule has 0 aromatic heterocycles. The number of hydrogen-bond donors (Lipinski definition) is 1. The molecule has 0 aliphatic heterocycles. The first-order valence-electron chi connectivity index (χ1n) is 14.3. The number of carbonyl (C=O) groups is 2. The summed E-state index contributed by atoms with van der Waals surface area (Å²) in [6.07, 6.45) is 30.0. The van der Waals surface area contributed by atoms with Gasteiger partial charge in [-0.05, 0) is 19.8 Å². The zero-order valence-corrected chi connectivity index (χ0v) is 22.2. The number of ketones is 1. The van der Waals surface area contributed by atoms with Gasteiger partial charge in [0.05, 0.1) is 0 Å². The van der Waals surface area contributed by atoms with E-state index in [2.05, 4.69) is 13.8 Å². The summed E-state index contributed by atoms with van der Waals surface area (Å²) in [7, 11) is 0. The highest BCUT2D eigenvalue weighted by molar-refractivity contribution is 5.75. The van der Waals surface area contributed by atoms with Crippen LogP contribution in [-0.2, 0) is 9.59 Å². The summed E-state index contributed by atoms with van der Waals surface area (Å²) in [5.74, 6) is -0.313. The molecule has 192 valence electrons.